The molecule has 1 aliphatic heterocycles. The summed E-state index contributed by atoms with van der Waals surface area (Å²) < 4.78 is 0. The number of benzene rings is 3. The van der Waals surface area contributed by atoms with Gasteiger partial charge >= 0.3 is 12.0 Å². The minimum atomic E-state index is -0.815. The van der Waals surface area contributed by atoms with E-state index in [9.17, 15) is 14.4 Å². The zero-order valence-electron chi connectivity index (χ0n) is 20.6. The highest BCUT2D eigenvalue weighted by Crippen LogP contribution is 2.31. The van der Waals surface area contributed by atoms with Crippen molar-refractivity contribution in [1.82, 2.24) is 0 Å². The molecule has 0 aromatic heterocycles. The number of anilines is 3. The van der Waals surface area contributed by atoms with E-state index < -0.39 is 5.97 Å². The van der Waals surface area contributed by atoms with Gasteiger partial charge in [0.25, 0.3) is 0 Å². The summed E-state index contributed by atoms with van der Waals surface area (Å²) in [4.78, 5) is 38.4. The molecule has 0 fully saturated rings. The van der Waals surface area contributed by atoms with E-state index in [2.05, 4.69) is 10.6 Å². The van der Waals surface area contributed by atoms with Crippen LogP contribution in [-0.4, -0.2) is 29.6 Å². The number of carboxylic acid groups (broad SMARTS) is 1. The monoisotopic (exact) mass is 485 g/mol. The van der Waals surface area contributed by atoms with Crippen molar-refractivity contribution in [3.8, 4) is 0 Å². The number of aryl methyl sites for hydroxylation is 2. The number of aliphatic carboxylic acids is 1. The second-order valence-corrected chi connectivity index (χ2v) is 9.30. The molecule has 1 aliphatic rings. The van der Waals surface area contributed by atoms with E-state index in [1.807, 2.05) is 73.3 Å². The number of para-hydroxylation sites is 1. The van der Waals surface area contributed by atoms with Crippen LogP contribution in [0.2, 0.25) is 0 Å². The van der Waals surface area contributed by atoms with Gasteiger partial charge in [-0.3, -0.25) is 9.59 Å². The fourth-order valence-electron chi connectivity index (χ4n) is 4.54. The molecule has 0 spiro atoms. The van der Waals surface area contributed by atoms with E-state index >= 15 is 0 Å². The Balaban J connectivity index is 1.38. The van der Waals surface area contributed by atoms with Crippen LogP contribution in [0.3, 0.4) is 0 Å². The summed E-state index contributed by atoms with van der Waals surface area (Å²) in [6, 6.07) is 20.4. The third-order valence-corrected chi connectivity index (χ3v) is 6.53. The molecule has 3 amide bonds. The van der Waals surface area contributed by atoms with Crippen molar-refractivity contribution in [1.29, 1.82) is 0 Å². The lowest BCUT2D eigenvalue weighted by Crippen LogP contribution is -2.36. The molecule has 7 heteroatoms. The Hall–Kier alpha value is -4.13. The third kappa shape index (κ3) is 6.10. The van der Waals surface area contributed by atoms with Crippen molar-refractivity contribution in [3.63, 3.8) is 0 Å². The summed E-state index contributed by atoms with van der Waals surface area (Å²) in [7, 11) is 0. The van der Waals surface area contributed by atoms with E-state index in [0.29, 0.717) is 12.2 Å². The van der Waals surface area contributed by atoms with E-state index in [1.54, 1.807) is 12.1 Å². The van der Waals surface area contributed by atoms with Crippen LogP contribution in [0.15, 0.2) is 66.7 Å². The van der Waals surface area contributed by atoms with Crippen LogP contribution < -0.4 is 15.5 Å². The van der Waals surface area contributed by atoms with Crippen LogP contribution in [0.1, 0.15) is 47.9 Å². The molecule has 186 valence electrons. The number of carboxylic acids is 1. The summed E-state index contributed by atoms with van der Waals surface area (Å²) in [5.74, 6) is -0.879. The van der Waals surface area contributed by atoms with Gasteiger partial charge in [0.15, 0.2) is 0 Å². The maximum atomic E-state index is 13.2. The topological polar surface area (TPSA) is 98.7 Å². The van der Waals surface area contributed by atoms with Gasteiger partial charge in [0.2, 0.25) is 5.91 Å². The first kappa shape index (κ1) is 25.0. The molecule has 0 unspecified atom stereocenters. The van der Waals surface area contributed by atoms with Crippen LogP contribution >= 0.6 is 0 Å². The van der Waals surface area contributed by atoms with Gasteiger partial charge in [-0.15, -0.1) is 0 Å². The Morgan fingerprint density at radius 3 is 2.47 bits per heavy atom. The Morgan fingerprint density at radius 1 is 1.00 bits per heavy atom. The van der Waals surface area contributed by atoms with E-state index in [-0.39, 0.29) is 30.7 Å². The molecule has 0 saturated heterocycles. The Labute approximate surface area is 211 Å². The standard InChI is InChI=1S/C29H31N3O4/c1-19-6-3-4-8-25(19)31-29(36)30-24-12-9-21(10-13-24)17-27(33)32-15-5-7-23-18-22(11-14-26(23)32)20(2)16-28(34)35/h3-4,6,8-14,18,20H,5,7,15-17H2,1-2H3,(H,34,35)(H2,30,31,36)/t20-/m0/s1. The number of nitrogens with zero attached hydrogens (tertiary/aromatic N) is 1. The highest BCUT2D eigenvalue weighted by molar-refractivity contribution is 6.00. The van der Waals surface area contributed by atoms with Crippen LogP contribution in [-0.2, 0) is 22.4 Å². The minimum absolute atomic E-state index is 0.0142. The first-order valence-corrected chi connectivity index (χ1v) is 12.2. The van der Waals surface area contributed by atoms with Crippen molar-refractivity contribution >= 4 is 35.0 Å². The molecule has 3 aromatic rings. The number of nitrogens with one attached hydrogen (secondary N) is 2. The largest absolute Gasteiger partial charge is 0.481 e. The third-order valence-electron chi connectivity index (χ3n) is 6.53. The molecule has 1 atom stereocenters. The zero-order chi connectivity index (χ0) is 25.7. The Kier molecular flexibility index (Phi) is 7.68. The van der Waals surface area contributed by atoms with Crippen molar-refractivity contribution in [2.75, 3.05) is 22.1 Å². The van der Waals surface area contributed by atoms with Gasteiger partial charge < -0.3 is 20.6 Å². The maximum absolute atomic E-state index is 13.2. The van der Waals surface area contributed by atoms with E-state index in [4.69, 9.17) is 5.11 Å². The number of carbonyl (C=O) groups is 3. The van der Waals surface area contributed by atoms with Crippen LogP contribution in [0.5, 0.6) is 0 Å². The van der Waals surface area contributed by atoms with Crippen molar-refractivity contribution in [2.24, 2.45) is 0 Å². The van der Waals surface area contributed by atoms with Crippen molar-refractivity contribution in [2.45, 2.75) is 45.4 Å². The summed E-state index contributed by atoms with van der Waals surface area (Å²) in [6.07, 6.45) is 2.08. The first-order chi connectivity index (χ1) is 17.3. The smallest absolute Gasteiger partial charge is 0.323 e. The van der Waals surface area contributed by atoms with Crippen LogP contribution in [0.25, 0.3) is 0 Å². The molecular weight excluding hydrogens is 454 g/mol. The van der Waals surface area contributed by atoms with Gasteiger partial charge in [-0.1, -0.05) is 49.4 Å². The second kappa shape index (κ2) is 11.1. The molecule has 3 N–H and O–H groups in total. The quantitative estimate of drug-likeness (QED) is 0.397. The number of carbonyl (C=O) groups excluding carboxylic acids is 2. The lowest BCUT2D eigenvalue weighted by atomic mass is 9.92. The Morgan fingerprint density at radius 2 is 1.75 bits per heavy atom. The first-order valence-electron chi connectivity index (χ1n) is 12.2. The predicted molar refractivity (Wildman–Crippen MR) is 142 cm³/mol. The summed E-state index contributed by atoms with van der Waals surface area (Å²) >= 11 is 0. The number of hydrogen-bond acceptors (Lipinski definition) is 3. The number of rotatable bonds is 7. The minimum Gasteiger partial charge on any atom is -0.481 e. The summed E-state index contributed by atoms with van der Waals surface area (Å²) in [5.41, 5.74) is 6.22. The van der Waals surface area contributed by atoms with E-state index in [1.165, 1.54) is 0 Å². The fourth-order valence-corrected chi connectivity index (χ4v) is 4.54. The number of urea groups is 1. The molecule has 0 aliphatic carbocycles. The Bertz CT molecular complexity index is 1270. The number of fused-ring (bicyclic) bond motifs is 1. The summed E-state index contributed by atoms with van der Waals surface area (Å²) in [6.45, 7) is 4.50. The molecule has 36 heavy (non-hydrogen) atoms. The van der Waals surface area contributed by atoms with Crippen molar-refractivity contribution < 1.29 is 19.5 Å². The number of amides is 3. The molecule has 3 aromatic carbocycles. The molecule has 0 saturated carbocycles. The SMILES string of the molecule is Cc1ccccc1NC(=O)Nc1ccc(CC(=O)N2CCCc3cc([C@@H](C)CC(=O)O)ccc32)cc1. The maximum Gasteiger partial charge on any atom is 0.323 e. The fraction of sp³-hybridized carbons (Fsp3) is 0.276. The van der Waals surface area contributed by atoms with Crippen molar-refractivity contribution in [3.05, 3.63) is 89.0 Å². The molecule has 4 rings (SSSR count). The number of hydrogen-bond donors (Lipinski definition) is 3. The lowest BCUT2D eigenvalue weighted by Gasteiger charge is -2.30. The molecular formula is C29H31N3O4. The van der Waals surface area contributed by atoms with Gasteiger partial charge in [0.1, 0.15) is 0 Å². The van der Waals surface area contributed by atoms with Gasteiger partial charge in [-0.2, -0.15) is 0 Å². The van der Waals surface area contributed by atoms with E-state index in [0.717, 1.165) is 46.5 Å². The average molecular weight is 486 g/mol. The average Bonchev–Trinajstić information content (AvgIpc) is 2.85. The molecule has 7 nitrogen and oxygen atoms in total. The van der Waals surface area contributed by atoms with Crippen LogP contribution in [0.4, 0.5) is 21.9 Å². The van der Waals surface area contributed by atoms with Gasteiger partial charge in [0.05, 0.1) is 12.8 Å². The highest BCUT2D eigenvalue weighted by atomic mass is 16.4. The normalized spacial score (nSPS) is 13.4. The van der Waals surface area contributed by atoms with Crippen LogP contribution in [0, 0.1) is 6.92 Å². The van der Waals surface area contributed by atoms with Gasteiger partial charge in [0, 0.05) is 23.6 Å². The van der Waals surface area contributed by atoms with Gasteiger partial charge in [-0.05, 0) is 72.2 Å². The molecule has 0 radical (unpaired) electrons. The second-order valence-electron chi connectivity index (χ2n) is 9.30. The van der Waals surface area contributed by atoms with Gasteiger partial charge in [-0.25, -0.2) is 4.79 Å². The molecule has 1 heterocycles. The molecule has 0 bridgehead atoms. The highest BCUT2D eigenvalue weighted by Gasteiger charge is 2.24. The predicted octanol–water partition coefficient (Wildman–Crippen LogP) is 5.74. The lowest BCUT2D eigenvalue weighted by molar-refractivity contribution is -0.137. The zero-order valence-corrected chi connectivity index (χ0v) is 20.6. The summed E-state index contributed by atoms with van der Waals surface area (Å²) in [5, 5.41) is 14.7.